The number of hydrogen-bond donors (Lipinski definition) is 3. The monoisotopic (exact) mass is 475 g/mol. The van der Waals surface area contributed by atoms with Crippen molar-refractivity contribution < 1.29 is 9.53 Å². The summed E-state index contributed by atoms with van der Waals surface area (Å²) in [7, 11) is 1.60. The summed E-state index contributed by atoms with van der Waals surface area (Å²) < 4.78 is 5.33. The molecule has 8 heteroatoms. The highest BCUT2D eigenvalue weighted by molar-refractivity contribution is 6.49. The van der Waals surface area contributed by atoms with Gasteiger partial charge in [-0.05, 0) is 61.7 Å². The van der Waals surface area contributed by atoms with Crippen LogP contribution in [0, 0.1) is 0 Å². The van der Waals surface area contributed by atoms with E-state index in [0.29, 0.717) is 33.8 Å². The van der Waals surface area contributed by atoms with Crippen LogP contribution in [-0.4, -0.2) is 36.5 Å². The van der Waals surface area contributed by atoms with Crippen molar-refractivity contribution in [2.45, 2.75) is 24.8 Å². The van der Waals surface area contributed by atoms with Crippen LogP contribution in [0.4, 0.5) is 11.5 Å². The second kappa shape index (κ2) is 9.83. The van der Waals surface area contributed by atoms with Gasteiger partial charge < -0.3 is 25.5 Å². The highest BCUT2D eigenvalue weighted by Crippen LogP contribution is 2.39. The lowest BCUT2D eigenvalue weighted by molar-refractivity contribution is -0.109. The second-order valence-corrected chi connectivity index (χ2v) is 8.88. The maximum atomic E-state index is 11.9. The molecule has 0 radical (unpaired) electrons. The van der Waals surface area contributed by atoms with E-state index in [-0.39, 0.29) is 0 Å². The van der Waals surface area contributed by atoms with Crippen LogP contribution in [-0.2, 0) is 4.79 Å². The number of benzene rings is 1. The van der Waals surface area contributed by atoms with Gasteiger partial charge in [-0.25, -0.2) is 4.98 Å². The lowest BCUT2D eigenvalue weighted by Crippen LogP contribution is -2.26. The first-order valence-corrected chi connectivity index (χ1v) is 11.7. The first-order chi connectivity index (χ1) is 16.7. The van der Waals surface area contributed by atoms with E-state index in [2.05, 4.69) is 45.2 Å². The zero-order chi connectivity index (χ0) is 23.5. The van der Waals surface area contributed by atoms with Crippen LogP contribution in [0.2, 0.25) is 0 Å². The molecule has 7 nitrogen and oxygen atoms in total. The summed E-state index contributed by atoms with van der Waals surface area (Å²) in [5.74, 6) is 1.78. The fraction of sp³-hybridized carbons (Fsp3) is 0.269. The van der Waals surface area contributed by atoms with E-state index in [4.69, 9.17) is 21.3 Å². The molecule has 174 valence electrons. The molecule has 5 rings (SSSR count). The molecule has 1 fully saturated rings. The van der Waals surface area contributed by atoms with Crippen LogP contribution in [0.15, 0.2) is 55.0 Å². The molecule has 3 N–H and O–H groups in total. The van der Waals surface area contributed by atoms with Crippen LogP contribution in [0.5, 0.6) is 5.75 Å². The van der Waals surface area contributed by atoms with Gasteiger partial charge in [-0.2, -0.15) is 0 Å². The molecule has 2 aliphatic rings. The molecule has 0 spiro atoms. The fourth-order valence-electron chi connectivity index (χ4n) is 4.54. The predicted octanol–water partition coefficient (Wildman–Crippen LogP) is 4.74. The highest BCUT2D eigenvalue weighted by atomic mass is 35.5. The number of rotatable bonds is 6. The smallest absolute Gasteiger partial charge is 0.146 e. The zero-order valence-electron chi connectivity index (χ0n) is 18.8. The summed E-state index contributed by atoms with van der Waals surface area (Å²) >= 11 is 6.55. The number of hydrogen-bond acceptors (Lipinski definition) is 7. The number of pyridine rings is 2. The molecule has 34 heavy (non-hydrogen) atoms. The fourth-order valence-corrected chi connectivity index (χ4v) is 4.76. The highest BCUT2D eigenvalue weighted by Gasteiger charge is 2.26. The molecule has 1 aromatic carbocycles. The Balaban J connectivity index is 1.54. The molecule has 0 amide bonds. The predicted molar refractivity (Wildman–Crippen MR) is 134 cm³/mol. The van der Waals surface area contributed by atoms with Crippen molar-refractivity contribution in [1.82, 2.24) is 20.6 Å². The molecular weight excluding hydrogens is 450 g/mol. The standard InChI is InChI=1S/C26H26ClN5O2/c1-34-20-10-18(12-29-13-20)23-11-21-22(27)14-30-24(15-33)25(21)26(32-23)31-19-4-2-16(3-5-19)17-6-8-28-9-7-17/h2-5,10-15,17,24,28,30H,6-9H2,1H3,(H,31,32). The minimum absolute atomic E-state index is 0.511. The van der Waals surface area contributed by atoms with Crippen molar-refractivity contribution in [3.05, 3.63) is 71.7 Å². The number of carbonyl (C=O) groups excluding carboxylic acids is 1. The molecule has 1 atom stereocenters. The van der Waals surface area contributed by atoms with E-state index < -0.39 is 6.04 Å². The molecule has 0 aliphatic carbocycles. The summed E-state index contributed by atoms with van der Waals surface area (Å²) in [6, 6.07) is 11.7. The normalized spacial score (nSPS) is 17.8. The number of nitrogens with zero attached hydrogens (tertiary/aromatic N) is 2. The second-order valence-electron chi connectivity index (χ2n) is 8.47. The van der Waals surface area contributed by atoms with Crippen molar-refractivity contribution in [1.29, 1.82) is 0 Å². The van der Waals surface area contributed by atoms with Gasteiger partial charge in [-0.1, -0.05) is 23.7 Å². The van der Waals surface area contributed by atoms with E-state index in [1.165, 1.54) is 5.56 Å². The summed E-state index contributed by atoms with van der Waals surface area (Å²) in [6.45, 7) is 2.11. The van der Waals surface area contributed by atoms with Crippen LogP contribution in [0.1, 0.15) is 41.5 Å². The van der Waals surface area contributed by atoms with Crippen LogP contribution in [0.25, 0.3) is 16.3 Å². The Hall–Kier alpha value is -3.42. The van der Waals surface area contributed by atoms with E-state index in [1.54, 1.807) is 25.7 Å². The molecule has 2 aromatic heterocycles. The summed E-state index contributed by atoms with van der Waals surface area (Å²) in [5.41, 5.74) is 5.16. The number of anilines is 2. The SMILES string of the molecule is COc1cncc(-c2cc3c(c(Nc4ccc(C5CCNCC5)cc4)n2)C(C=O)NC=C3Cl)c1. The number of halogens is 1. The Labute approximate surface area is 203 Å². The first kappa shape index (κ1) is 22.4. The van der Waals surface area contributed by atoms with E-state index in [9.17, 15) is 4.79 Å². The maximum Gasteiger partial charge on any atom is 0.146 e. The lowest BCUT2D eigenvalue weighted by Gasteiger charge is -2.25. The number of methoxy groups -OCH3 is 1. The summed E-state index contributed by atoms with van der Waals surface area (Å²) in [5, 5.41) is 10.4. The maximum absolute atomic E-state index is 11.9. The Morgan fingerprint density at radius 1 is 1.15 bits per heavy atom. The topological polar surface area (TPSA) is 88.2 Å². The van der Waals surface area contributed by atoms with Gasteiger partial charge in [0.15, 0.2) is 0 Å². The van der Waals surface area contributed by atoms with Gasteiger partial charge in [0.1, 0.15) is 23.9 Å². The van der Waals surface area contributed by atoms with Gasteiger partial charge in [0.05, 0.1) is 24.0 Å². The number of carbonyl (C=O) groups is 1. The number of aromatic nitrogens is 2. The van der Waals surface area contributed by atoms with Gasteiger partial charge in [0.25, 0.3) is 0 Å². The Kier molecular flexibility index (Phi) is 6.47. The van der Waals surface area contributed by atoms with Crippen molar-refractivity contribution in [2.75, 3.05) is 25.5 Å². The molecule has 1 unspecified atom stereocenters. The van der Waals surface area contributed by atoms with Crippen molar-refractivity contribution in [3.8, 4) is 17.0 Å². The van der Waals surface area contributed by atoms with Crippen LogP contribution < -0.4 is 20.7 Å². The summed E-state index contributed by atoms with van der Waals surface area (Å²) in [4.78, 5) is 21.0. The van der Waals surface area contributed by atoms with Gasteiger partial charge in [-0.15, -0.1) is 0 Å². The molecule has 3 aromatic rings. The van der Waals surface area contributed by atoms with Crippen molar-refractivity contribution >= 4 is 34.4 Å². The van der Waals surface area contributed by atoms with E-state index >= 15 is 0 Å². The Bertz CT molecular complexity index is 1220. The number of aldehydes is 1. The van der Waals surface area contributed by atoms with Crippen LogP contribution >= 0.6 is 11.6 Å². The van der Waals surface area contributed by atoms with Gasteiger partial charge in [0, 0.05) is 34.8 Å². The average Bonchev–Trinajstić information content (AvgIpc) is 2.90. The van der Waals surface area contributed by atoms with E-state index in [1.807, 2.05) is 12.1 Å². The minimum Gasteiger partial charge on any atom is -0.495 e. The molecule has 1 saturated heterocycles. The molecule has 0 bridgehead atoms. The molecule has 0 saturated carbocycles. The molecular formula is C26H26ClN5O2. The largest absolute Gasteiger partial charge is 0.495 e. The Morgan fingerprint density at radius 2 is 1.94 bits per heavy atom. The third-order valence-electron chi connectivity index (χ3n) is 6.38. The van der Waals surface area contributed by atoms with Gasteiger partial charge in [-0.3, -0.25) is 4.98 Å². The Morgan fingerprint density at radius 3 is 2.68 bits per heavy atom. The number of piperidine rings is 1. The minimum atomic E-state index is -0.556. The average molecular weight is 476 g/mol. The zero-order valence-corrected chi connectivity index (χ0v) is 19.6. The first-order valence-electron chi connectivity index (χ1n) is 11.4. The van der Waals surface area contributed by atoms with E-state index in [0.717, 1.165) is 49.0 Å². The third kappa shape index (κ3) is 4.49. The van der Waals surface area contributed by atoms with Crippen LogP contribution in [0.3, 0.4) is 0 Å². The van der Waals surface area contributed by atoms with Gasteiger partial charge in [0.2, 0.25) is 0 Å². The van der Waals surface area contributed by atoms with Gasteiger partial charge >= 0.3 is 0 Å². The lowest BCUT2D eigenvalue weighted by atomic mass is 9.90. The molecule has 4 heterocycles. The number of ether oxygens (including phenoxy) is 1. The molecule has 2 aliphatic heterocycles. The third-order valence-corrected chi connectivity index (χ3v) is 6.69. The van der Waals surface area contributed by atoms with Crippen molar-refractivity contribution in [3.63, 3.8) is 0 Å². The van der Waals surface area contributed by atoms with Crippen molar-refractivity contribution in [2.24, 2.45) is 0 Å². The number of nitrogens with one attached hydrogen (secondary N) is 3. The number of fused-ring (bicyclic) bond motifs is 1. The quantitative estimate of drug-likeness (QED) is 0.443. The summed E-state index contributed by atoms with van der Waals surface area (Å²) in [6.07, 6.45) is 8.17.